The highest BCUT2D eigenvalue weighted by molar-refractivity contribution is 5.68. The van der Waals surface area contributed by atoms with Gasteiger partial charge in [0.25, 0.3) is 5.56 Å². The summed E-state index contributed by atoms with van der Waals surface area (Å²) in [6.45, 7) is 2.14. The number of nitrogens with zero attached hydrogens (tertiary/aromatic N) is 1. The lowest BCUT2D eigenvalue weighted by Gasteiger charge is -2.24. The number of aromatic amines is 3. The van der Waals surface area contributed by atoms with Crippen LogP contribution in [0.3, 0.4) is 0 Å². The fourth-order valence-corrected chi connectivity index (χ4v) is 2.99. The fourth-order valence-electron chi connectivity index (χ4n) is 2.99. The van der Waals surface area contributed by atoms with Crippen LogP contribution >= 0.6 is 0 Å². The van der Waals surface area contributed by atoms with Gasteiger partial charge in [-0.1, -0.05) is 19.8 Å². The predicted octanol–water partition coefficient (Wildman–Crippen LogP) is 1.16. The monoisotopic (exact) mass is 248 g/mol. The Kier molecular flexibility index (Phi) is 2.39. The molecular weight excluding hydrogens is 232 g/mol. The van der Waals surface area contributed by atoms with Gasteiger partial charge in [0.1, 0.15) is 11.3 Å². The molecule has 96 valence electrons. The molecule has 0 aliphatic heterocycles. The van der Waals surface area contributed by atoms with Crippen LogP contribution in [0.5, 0.6) is 0 Å². The molecule has 0 atom stereocenters. The molecular formula is C12H16N4O2. The summed E-state index contributed by atoms with van der Waals surface area (Å²) in [5, 5.41) is 0. The second-order valence-electron chi connectivity index (χ2n) is 5.06. The molecule has 3 N–H and O–H groups in total. The summed E-state index contributed by atoms with van der Waals surface area (Å²) in [4.78, 5) is 35.2. The molecule has 0 bridgehead atoms. The van der Waals surface area contributed by atoms with Gasteiger partial charge in [0, 0.05) is 5.41 Å². The van der Waals surface area contributed by atoms with E-state index in [1.54, 1.807) is 0 Å². The highest BCUT2D eigenvalue weighted by Crippen LogP contribution is 2.42. The molecule has 3 rings (SSSR count). The van der Waals surface area contributed by atoms with E-state index in [1.807, 2.05) is 0 Å². The lowest BCUT2D eigenvalue weighted by molar-refractivity contribution is 0.403. The Balaban J connectivity index is 2.22. The topological polar surface area (TPSA) is 94.4 Å². The summed E-state index contributed by atoms with van der Waals surface area (Å²) in [5.74, 6) is 0.838. The number of nitrogens with one attached hydrogen (secondary N) is 3. The lowest BCUT2D eigenvalue weighted by atomic mass is 9.83. The number of hydrogen-bond donors (Lipinski definition) is 3. The van der Waals surface area contributed by atoms with E-state index in [9.17, 15) is 9.59 Å². The van der Waals surface area contributed by atoms with Crippen molar-refractivity contribution in [2.75, 3.05) is 0 Å². The molecule has 1 aliphatic carbocycles. The van der Waals surface area contributed by atoms with E-state index < -0.39 is 11.2 Å². The highest BCUT2D eigenvalue weighted by Gasteiger charge is 2.36. The van der Waals surface area contributed by atoms with Gasteiger partial charge in [-0.2, -0.15) is 0 Å². The van der Waals surface area contributed by atoms with Crippen molar-refractivity contribution >= 4 is 11.2 Å². The maximum Gasteiger partial charge on any atom is 0.327 e. The number of aromatic nitrogens is 4. The third kappa shape index (κ3) is 1.52. The zero-order valence-electron chi connectivity index (χ0n) is 10.3. The molecule has 0 aromatic carbocycles. The van der Waals surface area contributed by atoms with Gasteiger partial charge in [-0.15, -0.1) is 0 Å². The molecule has 1 aliphatic rings. The average molecular weight is 248 g/mol. The molecule has 2 aromatic rings. The Hall–Kier alpha value is -1.85. The van der Waals surface area contributed by atoms with E-state index in [4.69, 9.17) is 0 Å². The minimum atomic E-state index is -0.512. The van der Waals surface area contributed by atoms with Crippen LogP contribution in [0.1, 0.15) is 44.9 Å². The van der Waals surface area contributed by atoms with Gasteiger partial charge in [0.15, 0.2) is 5.65 Å². The number of fused-ring (bicyclic) bond motifs is 1. The van der Waals surface area contributed by atoms with E-state index in [1.165, 1.54) is 12.8 Å². The Labute approximate surface area is 103 Å². The van der Waals surface area contributed by atoms with Crippen LogP contribution in [0.2, 0.25) is 0 Å². The van der Waals surface area contributed by atoms with Gasteiger partial charge < -0.3 is 4.98 Å². The van der Waals surface area contributed by atoms with Gasteiger partial charge in [0.2, 0.25) is 0 Å². The normalized spacial score (nSPS) is 18.5. The van der Waals surface area contributed by atoms with Gasteiger partial charge in [-0.05, 0) is 19.3 Å². The smallest absolute Gasteiger partial charge is 0.327 e. The first kappa shape index (κ1) is 11.3. The number of H-pyrrole nitrogens is 3. The highest BCUT2D eigenvalue weighted by atomic mass is 16.2. The maximum absolute atomic E-state index is 11.7. The molecule has 0 amide bonds. The Morgan fingerprint density at radius 3 is 2.56 bits per heavy atom. The van der Waals surface area contributed by atoms with Crippen LogP contribution in [-0.4, -0.2) is 19.9 Å². The van der Waals surface area contributed by atoms with Crippen molar-refractivity contribution in [3.63, 3.8) is 0 Å². The zero-order chi connectivity index (χ0) is 12.8. The largest absolute Gasteiger partial charge is 0.336 e. The van der Waals surface area contributed by atoms with Gasteiger partial charge in [-0.3, -0.25) is 14.8 Å². The van der Waals surface area contributed by atoms with E-state index in [0.29, 0.717) is 11.2 Å². The minimum Gasteiger partial charge on any atom is -0.336 e. The van der Waals surface area contributed by atoms with Crippen molar-refractivity contribution < 1.29 is 0 Å². The molecule has 2 heterocycles. The molecule has 0 unspecified atom stereocenters. The van der Waals surface area contributed by atoms with Crippen LogP contribution in [0.15, 0.2) is 9.59 Å². The number of rotatable bonds is 2. The maximum atomic E-state index is 11.7. The van der Waals surface area contributed by atoms with Crippen molar-refractivity contribution in [3.8, 4) is 0 Å². The van der Waals surface area contributed by atoms with E-state index in [-0.39, 0.29) is 5.41 Å². The van der Waals surface area contributed by atoms with Gasteiger partial charge >= 0.3 is 5.69 Å². The molecule has 18 heavy (non-hydrogen) atoms. The van der Waals surface area contributed by atoms with Gasteiger partial charge in [-0.25, -0.2) is 9.78 Å². The van der Waals surface area contributed by atoms with Crippen molar-refractivity contribution in [2.45, 2.75) is 44.4 Å². The zero-order valence-corrected chi connectivity index (χ0v) is 10.3. The molecule has 6 nitrogen and oxygen atoms in total. The van der Waals surface area contributed by atoms with Crippen molar-refractivity contribution in [1.82, 2.24) is 19.9 Å². The summed E-state index contributed by atoms with van der Waals surface area (Å²) < 4.78 is 0. The van der Waals surface area contributed by atoms with Gasteiger partial charge in [0.05, 0.1) is 0 Å². The summed E-state index contributed by atoms with van der Waals surface area (Å²) in [7, 11) is 0. The summed E-state index contributed by atoms with van der Waals surface area (Å²) in [6, 6.07) is 0. The third-order valence-electron chi connectivity index (χ3n) is 4.13. The SMILES string of the molecule is CCC1(c2nc3[nH]c(=O)[nH]c(=O)c3[nH]2)CCCC1. The van der Waals surface area contributed by atoms with Crippen LogP contribution in [-0.2, 0) is 5.41 Å². The van der Waals surface area contributed by atoms with Crippen molar-refractivity contribution in [3.05, 3.63) is 26.7 Å². The lowest BCUT2D eigenvalue weighted by Crippen LogP contribution is -2.22. The van der Waals surface area contributed by atoms with E-state index in [2.05, 4.69) is 26.9 Å². The van der Waals surface area contributed by atoms with E-state index >= 15 is 0 Å². The number of hydrogen-bond acceptors (Lipinski definition) is 3. The molecule has 0 radical (unpaired) electrons. The standard InChI is InChI=1S/C12H16N4O2/c1-2-12(5-3-4-6-12)10-13-7-8(14-10)15-11(18)16-9(7)17/h2-6H2,1H3,(H3,13,14,15,16,17,18). The second kappa shape index (κ2) is 3.83. The summed E-state index contributed by atoms with van der Waals surface area (Å²) >= 11 is 0. The second-order valence-corrected chi connectivity index (χ2v) is 5.06. The predicted molar refractivity (Wildman–Crippen MR) is 67.8 cm³/mol. The molecule has 0 saturated heterocycles. The third-order valence-corrected chi connectivity index (χ3v) is 4.13. The molecule has 0 spiro atoms. The fraction of sp³-hybridized carbons (Fsp3) is 0.583. The van der Waals surface area contributed by atoms with E-state index in [0.717, 1.165) is 25.1 Å². The summed E-state index contributed by atoms with van der Waals surface area (Å²) in [5.41, 5.74) is -0.149. The van der Waals surface area contributed by atoms with Crippen LogP contribution in [0, 0.1) is 0 Å². The number of imidazole rings is 1. The van der Waals surface area contributed by atoms with Crippen molar-refractivity contribution in [2.24, 2.45) is 0 Å². The summed E-state index contributed by atoms with van der Waals surface area (Å²) in [6.07, 6.45) is 5.56. The van der Waals surface area contributed by atoms with Crippen molar-refractivity contribution in [1.29, 1.82) is 0 Å². The first-order valence-corrected chi connectivity index (χ1v) is 6.37. The molecule has 6 heteroatoms. The van der Waals surface area contributed by atoms with Crippen LogP contribution in [0.25, 0.3) is 11.2 Å². The van der Waals surface area contributed by atoms with Crippen LogP contribution < -0.4 is 11.2 Å². The Morgan fingerprint density at radius 1 is 1.17 bits per heavy atom. The minimum absolute atomic E-state index is 0.0440. The Morgan fingerprint density at radius 2 is 1.89 bits per heavy atom. The van der Waals surface area contributed by atoms with Crippen LogP contribution in [0.4, 0.5) is 0 Å². The molecule has 1 fully saturated rings. The molecule has 1 saturated carbocycles. The first-order chi connectivity index (χ1) is 8.64. The Bertz CT molecular complexity index is 688. The molecule has 2 aromatic heterocycles. The quantitative estimate of drug-likeness (QED) is 0.744. The average Bonchev–Trinajstić information content (AvgIpc) is 2.94. The first-order valence-electron chi connectivity index (χ1n) is 6.37.